The van der Waals surface area contributed by atoms with Gasteiger partial charge in [-0.2, -0.15) is 0 Å². The molecule has 2 rings (SSSR count). The van der Waals surface area contributed by atoms with Crippen molar-refractivity contribution in [3.05, 3.63) is 29.3 Å². The van der Waals surface area contributed by atoms with Gasteiger partial charge in [-0.1, -0.05) is 25.6 Å². The number of nitrogens with two attached hydrogens (primary N) is 1. The Kier molecular flexibility index (Phi) is 4.23. The van der Waals surface area contributed by atoms with Crippen molar-refractivity contribution in [3.8, 4) is 5.75 Å². The zero-order chi connectivity index (χ0) is 13.1. The lowest BCUT2D eigenvalue weighted by Crippen LogP contribution is -2.28. The molecule has 2 atom stereocenters. The van der Waals surface area contributed by atoms with Crippen molar-refractivity contribution < 1.29 is 4.74 Å². The van der Waals surface area contributed by atoms with Crippen molar-refractivity contribution in [1.29, 1.82) is 0 Å². The van der Waals surface area contributed by atoms with Gasteiger partial charge in [0.15, 0.2) is 0 Å². The van der Waals surface area contributed by atoms with Gasteiger partial charge in [-0.3, -0.25) is 0 Å². The maximum atomic E-state index is 6.15. The molecule has 0 spiro atoms. The normalized spacial score (nSPS) is 23.7. The van der Waals surface area contributed by atoms with Gasteiger partial charge in [0.05, 0.1) is 0 Å². The molecule has 2 unspecified atom stereocenters. The molecule has 0 aromatic heterocycles. The Morgan fingerprint density at radius 2 is 2.06 bits per heavy atom. The molecule has 0 saturated heterocycles. The summed E-state index contributed by atoms with van der Waals surface area (Å²) in [4.78, 5) is 0.440. The van der Waals surface area contributed by atoms with Crippen LogP contribution in [0.2, 0.25) is 0 Å². The molecule has 0 bridgehead atoms. The number of thiocarbonyl (C=S) groups is 1. The molecular formula is C15H21NOS. The Balaban J connectivity index is 2.11. The lowest BCUT2D eigenvalue weighted by atomic mass is 9.88. The molecule has 2 N–H and O–H groups in total. The average molecular weight is 263 g/mol. The maximum absolute atomic E-state index is 6.15. The molecule has 1 aliphatic rings. The molecule has 98 valence electrons. The van der Waals surface area contributed by atoms with Crippen molar-refractivity contribution in [2.45, 2.75) is 45.6 Å². The number of rotatable bonds is 3. The van der Waals surface area contributed by atoms with Crippen LogP contribution in [0.1, 0.15) is 43.7 Å². The van der Waals surface area contributed by atoms with Crippen LogP contribution < -0.4 is 10.5 Å². The predicted molar refractivity (Wildman–Crippen MR) is 79.1 cm³/mol. The summed E-state index contributed by atoms with van der Waals surface area (Å²) in [5.41, 5.74) is 7.65. The SMILES string of the molecule is Cc1cc(C(N)=S)ccc1OC1CCCCC1C. The van der Waals surface area contributed by atoms with Gasteiger partial charge < -0.3 is 10.5 Å². The minimum absolute atomic E-state index is 0.355. The molecule has 1 saturated carbocycles. The minimum atomic E-state index is 0.355. The van der Waals surface area contributed by atoms with Gasteiger partial charge in [-0.15, -0.1) is 0 Å². The highest BCUT2D eigenvalue weighted by atomic mass is 32.1. The zero-order valence-electron chi connectivity index (χ0n) is 11.1. The first-order valence-electron chi connectivity index (χ1n) is 6.65. The number of ether oxygens (including phenoxy) is 1. The largest absolute Gasteiger partial charge is 0.490 e. The second-order valence-corrected chi connectivity index (χ2v) is 5.70. The van der Waals surface area contributed by atoms with E-state index in [-0.39, 0.29) is 0 Å². The van der Waals surface area contributed by atoms with Gasteiger partial charge >= 0.3 is 0 Å². The minimum Gasteiger partial charge on any atom is -0.490 e. The van der Waals surface area contributed by atoms with E-state index in [2.05, 4.69) is 6.92 Å². The summed E-state index contributed by atoms with van der Waals surface area (Å²) >= 11 is 4.98. The number of hydrogen-bond donors (Lipinski definition) is 1. The second kappa shape index (κ2) is 5.70. The highest BCUT2D eigenvalue weighted by Gasteiger charge is 2.23. The Morgan fingerprint density at radius 3 is 2.67 bits per heavy atom. The summed E-state index contributed by atoms with van der Waals surface area (Å²) in [6.45, 7) is 4.33. The lowest BCUT2D eigenvalue weighted by molar-refractivity contribution is 0.102. The van der Waals surface area contributed by atoms with E-state index < -0.39 is 0 Å². The first-order valence-corrected chi connectivity index (χ1v) is 7.06. The van der Waals surface area contributed by atoms with Gasteiger partial charge in [0, 0.05) is 5.56 Å². The summed E-state index contributed by atoms with van der Waals surface area (Å²) in [5, 5.41) is 0. The zero-order valence-corrected chi connectivity index (χ0v) is 11.9. The van der Waals surface area contributed by atoms with E-state index in [0.717, 1.165) is 23.3 Å². The molecule has 0 aliphatic heterocycles. The van der Waals surface area contributed by atoms with E-state index in [0.29, 0.717) is 17.0 Å². The number of benzene rings is 1. The maximum Gasteiger partial charge on any atom is 0.122 e. The fourth-order valence-corrected chi connectivity index (χ4v) is 2.68. The fraction of sp³-hybridized carbons (Fsp3) is 0.533. The summed E-state index contributed by atoms with van der Waals surface area (Å²) < 4.78 is 6.15. The molecule has 1 fully saturated rings. The van der Waals surface area contributed by atoms with Crippen LogP contribution in [0.15, 0.2) is 18.2 Å². The number of hydrogen-bond acceptors (Lipinski definition) is 2. The summed E-state index contributed by atoms with van der Waals surface area (Å²) in [7, 11) is 0. The van der Waals surface area contributed by atoms with Crippen molar-refractivity contribution in [1.82, 2.24) is 0 Å². The van der Waals surface area contributed by atoms with Crippen molar-refractivity contribution >= 4 is 17.2 Å². The summed E-state index contributed by atoms with van der Waals surface area (Å²) in [6.07, 6.45) is 5.40. The van der Waals surface area contributed by atoms with Crippen molar-refractivity contribution in [2.24, 2.45) is 11.7 Å². The topological polar surface area (TPSA) is 35.2 Å². The van der Waals surface area contributed by atoms with Gasteiger partial charge in [0.1, 0.15) is 16.8 Å². The molecule has 1 aromatic rings. The molecule has 18 heavy (non-hydrogen) atoms. The van der Waals surface area contributed by atoms with E-state index in [4.69, 9.17) is 22.7 Å². The first kappa shape index (κ1) is 13.3. The molecule has 2 nitrogen and oxygen atoms in total. The van der Waals surface area contributed by atoms with E-state index in [1.54, 1.807) is 0 Å². The molecule has 1 aliphatic carbocycles. The summed E-state index contributed by atoms with van der Waals surface area (Å²) in [5.74, 6) is 1.61. The lowest BCUT2D eigenvalue weighted by Gasteiger charge is -2.30. The van der Waals surface area contributed by atoms with Crippen LogP contribution in [0.5, 0.6) is 5.75 Å². The Hall–Kier alpha value is -1.09. The van der Waals surface area contributed by atoms with Gasteiger partial charge in [0.25, 0.3) is 0 Å². The van der Waals surface area contributed by atoms with E-state index in [9.17, 15) is 0 Å². The Bertz CT molecular complexity index is 444. The molecule has 3 heteroatoms. The van der Waals surface area contributed by atoms with Crippen LogP contribution in [-0.4, -0.2) is 11.1 Å². The van der Waals surface area contributed by atoms with Crippen molar-refractivity contribution in [2.75, 3.05) is 0 Å². The third kappa shape index (κ3) is 3.02. The molecule has 0 radical (unpaired) electrons. The average Bonchev–Trinajstić information content (AvgIpc) is 2.34. The Morgan fingerprint density at radius 1 is 1.33 bits per heavy atom. The van der Waals surface area contributed by atoms with Crippen LogP contribution in [0.3, 0.4) is 0 Å². The smallest absolute Gasteiger partial charge is 0.122 e. The standard InChI is InChI=1S/C15H21NOS/c1-10-5-3-4-6-13(10)17-14-8-7-12(15(16)18)9-11(14)2/h7-10,13H,3-6H2,1-2H3,(H2,16,18). The van der Waals surface area contributed by atoms with Gasteiger partial charge in [-0.05, 0) is 55.9 Å². The summed E-state index contributed by atoms with van der Waals surface area (Å²) in [6, 6.07) is 5.94. The fourth-order valence-electron chi connectivity index (χ4n) is 2.56. The highest BCUT2D eigenvalue weighted by molar-refractivity contribution is 7.80. The first-order chi connectivity index (χ1) is 8.58. The third-order valence-corrected chi connectivity index (χ3v) is 4.01. The predicted octanol–water partition coefficient (Wildman–Crippen LogP) is 3.59. The molecule has 0 amide bonds. The van der Waals surface area contributed by atoms with E-state index >= 15 is 0 Å². The second-order valence-electron chi connectivity index (χ2n) is 5.26. The number of aryl methyl sites for hydroxylation is 1. The van der Waals surface area contributed by atoms with Crippen LogP contribution in [-0.2, 0) is 0 Å². The van der Waals surface area contributed by atoms with Crippen LogP contribution in [0.25, 0.3) is 0 Å². The van der Waals surface area contributed by atoms with Crippen LogP contribution in [0, 0.1) is 12.8 Å². The van der Waals surface area contributed by atoms with E-state index in [1.807, 2.05) is 25.1 Å². The Labute approximate surface area is 115 Å². The van der Waals surface area contributed by atoms with Gasteiger partial charge in [-0.25, -0.2) is 0 Å². The molecular weight excluding hydrogens is 242 g/mol. The van der Waals surface area contributed by atoms with Crippen LogP contribution in [0.4, 0.5) is 0 Å². The van der Waals surface area contributed by atoms with E-state index in [1.165, 1.54) is 19.3 Å². The molecule has 1 aromatic carbocycles. The molecule has 0 heterocycles. The third-order valence-electron chi connectivity index (χ3n) is 3.77. The monoisotopic (exact) mass is 263 g/mol. The van der Waals surface area contributed by atoms with Gasteiger partial charge in [0.2, 0.25) is 0 Å². The van der Waals surface area contributed by atoms with Crippen molar-refractivity contribution in [3.63, 3.8) is 0 Å². The highest BCUT2D eigenvalue weighted by Crippen LogP contribution is 2.29. The van der Waals surface area contributed by atoms with Crippen LogP contribution >= 0.6 is 12.2 Å². The quantitative estimate of drug-likeness (QED) is 0.846.